The van der Waals surface area contributed by atoms with Gasteiger partial charge in [-0.2, -0.15) is 0 Å². The Balaban J connectivity index is 2.18. The molecule has 0 spiro atoms. The van der Waals surface area contributed by atoms with E-state index in [-0.39, 0.29) is 0 Å². The average Bonchev–Trinajstić information content (AvgIpc) is 2.35. The molecule has 1 fully saturated rings. The van der Waals surface area contributed by atoms with E-state index in [1.54, 1.807) is 0 Å². The zero-order valence-corrected chi connectivity index (χ0v) is 12.3. The average molecular weight is 246 g/mol. The van der Waals surface area contributed by atoms with Crippen molar-refractivity contribution < 1.29 is 0 Å². The van der Waals surface area contributed by atoms with E-state index in [1.165, 1.54) is 16.7 Å². The van der Waals surface area contributed by atoms with Crippen molar-refractivity contribution in [3.05, 3.63) is 34.9 Å². The molecule has 100 valence electrons. The first-order valence-corrected chi connectivity index (χ1v) is 7.05. The van der Waals surface area contributed by atoms with Crippen molar-refractivity contribution in [1.29, 1.82) is 0 Å². The number of hydrogen-bond acceptors (Lipinski definition) is 2. The molecule has 3 unspecified atom stereocenters. The molecule has 1 N–H and O–H groups in total. The van der Waals surface area contributed by atoms with E-state index in [9.17, 15) is 0 Å². The van der Waals surface area contributed by atoms with Crippen LogP contribution in [-0.2, 0) is 0 Å². The lowest BCUT2D eigenvalue weighted by atomic mass is 9.98. The molecule has 1 aliphatic heterocycles. The third-order valence-electron chi connectivity index (χ3n) is 4.32. The molecule has 0 amide bonds. The molecule has 2 nitrogen and oxygen atoms in total. The Kier molecular flexibility index (Phi) is 4.08. The van der Waals surface area contributed by atoms with Gasteiger partial charge in [-0.15, -0.1) is 0 Å². The largest absolute Gasteiger partial charge is 0.311 e. The molecule has 1 heterocycles. The fraction of sp³-hybridized carbons (Fsp3) is 0.625. The number of benzene rings is 1. The van der Waals surface area contributed by atoms with Crippen LogP contribution < -0.4 is 5.32 Å². The van der Waals surface area contributed by atoms with Crippen LogP contribution in [0.3, 0.4) is 0 Å². The first-order chi connectivity index (χ1) is 8.49. The van der Waals surface area contributed by atoms with E-state index >= 15 is 0 Å². The molecule has 1 aliphatic rings. The molecular weight excluding hydrogens is 220 g/mol. The normalized spacial score (nSPS) is 27.2. The Morgan fingerprint density at radius 1 is 1.22 bits per heavy atom. The van der Waals surface area contributed by atoms with Crippen LogP contribution in [0.2, 0.25) is 0 Å². The quantitative estimate of drug-likeness (QED) is 0.863. The van der Waals surface area contributed by atoms with Gasteiger partial charge in [-0.3, -0.25) is 4.90 Å². The molecule has 0 radical (unpaired) electrons. The summed E-state index contributed by atoms with van der Waals surface area (Å²) in [4.78, 5) is 2.62. The third kappa shape index (κ3) is 2.76. The molecule has 1 aromatic carbocycles. The highest BCUT2D eigenvalue weighted by Crippen LogP contribution is 2.25. The molecule has 2 heteroatoms. The summed E-state index contributed by atoms with van der Waals surface area (Å²) in [5.74, 6) is 0. The van der Waals surface area contributed by atoms with E-state index in [1.807, 2.05) is 0 Å². The predicted octanol–water partition coefficient (Wildman–Crippen LogP) is 3.05. The van der Waals surface area contributed by atoms with Crippen molar-refractivity contribution in [3.8, 4) is 0 Å². The molecule has 1 aromatic rings. The van der Waals surface area contributed by atoms with Crippen LogP contribution in [0.4, 0.5) is 0 Å². The second-order valence-electron chi connectivity index (χ2n) is 5.87. The summed E-state index contributed by atoms with van der Waals surface area (Å²) >= 11 is 0. The van der Waals surface area contributed by atoms with Crippen LogP contribution >= 0.6 is 0 Å². The topological polar surface area (TPSA) is 15.3 Å². The van der Waals surface area contributed by atoms with Gasteiger partial charge in [0.05, 0.1) is 0 Å². The highest BCUT2D eigenvalue weighted by molar-refractivity contribution is 5.31. The van der Waals surface area contributed by atoms with E-state index in [0.29, 0.717) is 18.1 Å². The molecular formula is C16H26N2. The van der Waals surface area contributed by atoms with Gasteiger partial charge in [0.25, 0.3) is 0 Å². The maximum atomic E-state index is 3.55. The van der Waals surface area contributed by atoms with Gasteiger partial charge >= 0.3 is 0 Å². The molecule has 0 saturated carbocycles. The lowest BCUT2D eigenvalue weighted by molar-refractivity contribution is 0.103. The first-order valence-electron chi connectivity index (χ1n) is 7.05. The standard InChI is InChI=1S/C16H26N2/c1-11-6-7-16(8-12(11)2)15(5)18-10-13(3)17-9-14(18)4/h6-8,13-15,17H,9-10H2,1-5H3. The predicted molar refractivity (Wildman–Crippen MR) is 78.0 cm³/mol. The number of aryl methyl sites for hydroxylation is 2. The maximum Gasteiger partial charge on any atom is 0.0323 e. The van der Waals surface area contributed by atoms with Crippen LogP contribution in [0.15, 0.2) is 18.2 Å². The number of hydrogen-bond donors (Lipinski definition) is 1. The van der Waals surface area contributed by atoms with E-state index < -0.39 is 0 Å². The minimum atomic E-state index is 0.504. The lowest BCUT2D eigenvalue weighted by Crippen LogP contribution is -2.54. The summed E-state index contributed by atoms with van der Waals surface area (Å²) in [5, 5.41) is 3.55. The Morgan fingerprint density at radius 3 is 2.61 bits per heavy atom. The van der Waals surface area contributed by atoms with Gasteiger partial charge in [-0.05, 0) is 51.3 Å². The van der Waals surface area contributed by atoms with Gasteiger partial charge in [0.15, 0.2) is 0 Å². The van der Waals surface area contributed by atoms with Crippen molar-refractivity contribution in [3.63, 3.8) is 0 Å². The van der Waals surface area contributed by atoms with Crippen LogP contribution in [-0.4, -0.2) is 30.1 Å². The van der Waals surface area contributed by atoms with Crippen LogP contribution in [0, 0.1) is 13.8 Å². The zero-order chi connectivity index (χ0) is 13.3. The van der Waals surface area contributed by atoms with Crippen LogP contribution in [0.5, 0.6) is 0 Å². The van der Waals surface area contributed by atoms with E-state index in [0.717, 1.165) is 13.1 Å². The monoisotopic (exact) mass is 246 g/mol. The van der Waals surface area contributed by atoms with Crippen molar-refractivity contribution in [2.75, 3.05) is 13.1 Å². The summed E-state index contributed by atoms with van der Waals surface area (Å²) < 4.78 is 0. The van der Waals surface area contributed by atoms with Crippen molar-refractivity contribution in [2.24, 2.45) is 0 Å². The Hall–Kier alpha value is -0.860. The first kappa shape index (κ1) is 13.6. The second-order valence-corrected chi connectivity index (χ2v) is 5.87. The third-order valence-corrected chi connectivity index (χ3v) is 4.32. The molecule has 0 bridgehead atoms. The Labute approximate surface area is 111 Å². The van der Waals surface area contributed by atoms with Crippen molar-refractivity contribution in [2.45, 2.75) is 52.7 Å². The minimum Gasteiger partial charge on any atom is -0.311 e. The number of nitrogens with zero attached hydrogens (tertiary/aromatic N) is 1. The summed E-state index contributed by atoms with van der Waals surface area (Å²) in [5.41, 5.74) is 4.22. The summed E-state index contributed by atoms with van der Waals surface area (Å²) in [6.07, 6.45) is 0. The second kappa shape index (κ2) is 5.41. The number of rotatable bonds is 2. The van der Waals surface area contributed by atoms with E-state index in [2.05, 4.69) is 63.0 Å². The van der Waals surface area contributed by atoms with Gasteiger partial charge < -0.3 is 5.32 Å². The summed E-state index contributed by atoms with van der Waals surface area (Å²) in [7, 11) is 0. The molecule has 0 aliphatic carbocycles. The molecule has 1 saturated heterocycles. The van der Waals surface area contributed by atoms with Crippen molar-refractivity contribution in [1.82, 2.24) is 10.2 Å². The summed E-state index contributed by atoms with van der Waals surface area (Å²) in [6, 6.07) is 8.58. The molecule has 0 aromatic heterocycles. The van der Waals surface area contributed by atoms with Crippen molar-refractivity contribution >= 4 is 0 Å². The van der Waals surface area contributed by atoms with Gasteiger partial charge in [-0.1, -0.05) is 18.2 Å². The van der Waals surface area contributed by atoms with Crippen LogP contribution in [0.25, 0.3) is 0 Å². The Morgan fingerprint density at radius 2 is 1.94 bits per heavy atom. The Bertz CT molecular complexity index is 414. The van der Waals surface area contributed by atoms with Gasteiger partial charge in [-0.25, -0.2) is 0 Å². The fourth-order valence-corrected chi connectivity index (χ4v) is 2.81. The number of nitrogens with one attached hydrogen (secondary N) is 1. The van der Waals surface area contributed by atoms with Crippen LogP contribution in [0.1, 0.15) is 43.5 Å². The SMILES string of the molecule is Cc1ccc(C(C)N2CC(C)NCC2C)cc1C. The molecule has 2 rings (SSSR count). The number of piperazine rings is 1. The van der Waals surface area contributed by atoms with Gasteiger partial charge in [0, 0.05) is 31.2 Å². The molecule has 18 heavy (non-hydrogen) atoms. The maximum absolute atomic E-state index is 3.55. The smallest absolute Gasteiger partial charge is 0.0323 e. The molecule has 3 atom stereocenters. The highest BCUT2D eigenvalue weighted by Gasteiger charge is 2.27. The van der Waals surface area contributed by atoms with E-state index in [4.69, 9.17) is 0 Å². The zero-order valence-electron chi connectivity index (χ0n) is 12.3. The summed E-state index contributed by atoms with van der Waals surface area (Å²) in [6.45, 7) is 13.5. The highest BCUT2D eigenvalue weighted by atomic mass is 15.2. The van der Waals surface area contributed by atoms with Gasteiger partial charge in [0.1, 0.15) is 0 Å². The minimum absolute atomic E-state index is 0.504. The fourth-order valence-electron chi connectivity index (χ4n) is 2.81. The lowest BCUT2D eigenvalue weighted by Gasteiger charge is -2.41. The van der Waals surface area contributed by atoms with Gasteiger partial charge in [0.2, 0.25) is 0 Å².